The van der Waals surface area contributed by atoms with Gasteiger partial charge in [-0.15, -0.1) is 0 Å². The zero-order chi connectivity index (χ0) is 24.5. The number of carbonyl (C=O) groups excluding carboxylic acids is 2. The number of benzene rings is 3. The van der Waals surface area contributed by atoms with E-state index in [1.165, 1.54) is 12.0 Å². The van der Waals surface area contributed by atoms with Gasteiger partial charge in [-0.1, -0.05) is 42.5 Å². The molecule has 1 N–H and O–H groups in total. The molecule has 35 heavy (non-hydrogen) atoms. The summed E-state index contributed by atoms with van der Waals surface area (Å²) in [4.78, 5) is 28.4. The van der Waals surface area contributed by atoms with Gasteiger partial charge in [0.1, 0.15) is 5.75 Å². The number of carbonyl (C=O) groups is 2. The van der Waals surface area contributed by atoms with Crippen LogP contribution in [0.1, 0.15) is 29.1 Å². The third-order valence-corrected chi connectivity index (χ3v) is 5.95. The third-order valence-electron chi connectivity index (χ3n) is 5.95. The van der Waals surface area contributed by atoms with Crippen LogP contribution in [0.3, 0.4) is 0 Å². The second-order valence-electron chi connectivity index (χ2n) is 8.00. The lowest BCUT2D eigenvalue weighted by Crippen LogP contribution is -2.31. The van der Waals surface area contributed by atoms with Gasteiger partial charge in [0.05, 0.1) is 25.3 Å². The highest BCUT2D eigenvalue weighted by Crippen LogP contribution is 2.43. The molecule has 176 valence electrons. The quantitative estimate of drug-likeness (QED) is 0.353. The van der Waals surface area contributed by atoms with Crippen LogP contribution in [0.4, 0.5) is 5.69 Å². The predicted octanol–water partition coefficient (Wildman–Crippen LogP) is 5.62. The fourth-order valence-electron chi connectivity index (χ4n) is 4.37. The molecule has 0 spiro atoms. The van der Waals surface area contributed by atoms with E-state index in [0.29, 0.717) is 40.3 Å². The molecule has 2 heterocycles. The molecule has 0 fully saturated rings. The van der Waals surface area contributed by atoms with E-state index < -0.39 is 23.5 Å². The van der Waals surface area contributed by atoms with Crippen LogP contribution >= 0.6 is 0 Å². The fraction of sp³-hybridized carbons (Fsp3) is 0.143. The molecule has 0 saturated heterocycles. The van der Waals surface area contributed by atoms with Gasteiger partial charge in [-0.3, -0.25) is 14.5 Å². The Hall–Kier alpha value is -4.52. The fourth-order valence-corrected chi connectivity index (χ4v) is 4.37. The summed E-state index contributed by atoms with van der Waals surface area (Å²) in [6.07, 6.45) is 0. The minimum atomic E-state index is -0.843. The van der Waals surface area contributed by atoms with Gasteiger partial charge in [-0.25, -0.2) is 0 Å². The lowest BCUT2D eigenvalue weighted by Gasteiger charge is -2.27. The summed E-state index contributed by atoms with van der Waals surface area (Å²) in [5, 5.41) is 11.6. The van der Waals surface area contributed by atoms with Gasteiger partial charge in [-0.2, -0.15) is 0 Å². The van der Waals surface area contributed by atoms with Crippen LogP contribution in [0.25, 0.3) is 11.0 Å². The van der Waals surface area contributed by atoms with Gasteiger partial charge >= 0.3 is 0 Å². The Morgan fingerprint density at radius 2 is 1.77 bits per heavy atom. The Balaban J connectivity index is 1.61. The first kappa shape index (κ1) is 22.3. The lowest BCUT2D eigenvalue weighted by molar-refractivity contribution is -0.117. The summed E-state index contributed by atoms with van der Waals surface area (Å²) in [6.45, 7) is 2.40. The van der Waals surface area contributed by atoms with Crippen molar-refractivity contribution >= 4 is 28.3 Å². The smallest absolute Gasteiger partial charge is 0.294 e. The van der Waals surface area contributed by atoms with Gasteiger partial charge < -0.3 is 19.0 Å². The van der Waals surface area contributed by atoms with E-state index in [4.69, 9.17) is 13.9 Å². The topological polar surface area (TPSA) is 89.2 Å². The van der Waals surface area contributed by atoms with Crippen molar-refractivity contribution < 1.29 is 28.6 Å². The van der Waals surface area contributed by atoms with E-state index >= 15 is 0 Å². The third kappa shape index (κ3) is 3.81. The first-order chi connectivity index (χ1) is 17.0. The van der Waals surface area contributed by atoms with Crippen molar-refractivity contribution in [3.8, 4) is 11.5 Å². The van der Waals surface area contributed by atoms with Gasteiger partial charge in [0.15, 0.2) is 22.9 Å². The molecule has 7 heteroatoms. The Kier molecular flexibility index (Phi) is 5.74. The SMILES string of the molecule is CCOc1ccc(N2C(=O)C(O)=C(C(=O)c3cc4cccc(OC)c4o3)C2c2ccccc2)cc1. The highest BCUT2D eigenvalue weighted by Gasteiger charge is 2.45. The molecule has 1 amide bonds. The van der Waals surface area contributed by atoms with Crippen LogP contribution in [0, 0.1) is 0 Å². The Morgan fingerprint density at radius 1 is 1.03 bits per heavy atom. The van der Waals surface area contributed by atoms with E-state index in [1.54, 1.807) is 48.5 Å². The van der Waals surface area contributed by atoms with Crippen molar-refractivity contribution in [3.05, 3.63) is 102 Å². The predicted molar refractivity (Wildman–Crippen MR) is 131 cm³/mol. The normalized spacial score (nSPS) is 15.7. The maximum absolute atomic E-state index is 13.7. The van der Waals surface area contributed by atoms with E-state index in [2.05, 4.69) is 0 Å². The number of fused-ring (bicyclic) bond motifs is 1. The number of anilines is 1. The summed E-state index contributed by atoms with van der Waals surface area (Å²) in [6, 6.07) is 22.1. The number of ketones is 1. The molecule has 3 aromatic carbocycles. The molecule has 1 unspecified atom stereocenters. The number of rotatable bonds is 7. The number of methoxy groups -OCH3 is 1. The van der Waals surface area contributed by atoms with Gasteiger partial charge in [0.2, 0.25) is 5.78 Å². The summed E-state index contributed by atoms with van der Waals surface area (Å²) in [5.41, 5.74) is 1.57. The highest BCUT2D eigenvalue weighted by atomic mass is 16.5. The van der Waals surface area contributed by atoms with Crippen molar-refractivity contribution in [2.45, 2.75) is 13.0 Å². The monoisotopic (exact) mass is 469 g/mol. The Morgan fingerprint density at radius 3 is 2.46 bits per heavy atom. The molecule has 0 aliphatic carbocycles. The van der Waals surface area contributed by atoms with Crippen LogP contribution in [-0.4, -0.2) is 30.5 Å². The average Bonchev–Trinajstić information content (AvgIpc) is 3.44. The Bertz CT molecular complexity index is 1440. The second kappa shape index (κ2) is 9.02. The van der Waals surface area contributed by atoms with Crippen molar-refractivity contribution in [2.24, 2.45) is 0 Å². The molecule has 0 bridgehead atoms. The number of amides is 1. The molecular formula is C28H23NO6. The van der Waals surface area contributed by atoms with Crippen LogP contribution in [0.5, 0.6) is 11.5 Å². The maximum Gasteiger partial charge on any atom is 0.294 e. The van der Waals surface area contributed by atoms with E-state index in [1.807, 2.05) is 37.3 Å². The lowest BCUT2D eigenvalue weighted by atomic mass is 9.95. The van der Waals surface area contributed by atoms with Crippen LogP contribution < -0.4 is 14.4 Å². The molecule has 1 aliphatic heterocycles. The van der Waals surface area contributed by atoms with Crippen LogP contribution in [0.15, 0.2) is 94.6 Å². The number of ether oxygens (including phenoxy) is 2. The largest absolute Gasteiger partial charge is 0.503 e. The number of aliphatic hydroxyl groups is 1. The zero-order valence-electron chi connectivity index (χ0n) is 19.2. The molecule has 1 aromatic heterocycles. The molecule has 0 saturated carbocycles. The van der Waals surface area contributed by atoms with Crippen molar-refractivity contribution in [3.63, 3.8) is 0 Å². The van der Waals surface area contributed by atoms with Crippen LogP contribution in [-0.2, 0) is 4.79 Å². The van der Waals surface area contributed by atoms with Crippen molar-refractivity contribution in [2.75, 3.05) is 18.6 Å². The molecule has 5 rings (SSSR count). The summed E-state index contributed by atoms with van der Waals surface area (Å²) >= 11 is 0. The first-order valence-electron chi connectivity index (χ1n) is 11.2. The van der Waals surface area contributed by atoms with Gasteiger partial charge in [0, 0.05) is 11.1 Å². The van der Waals surface area contributed by atoms with Crippen LogP contribution in [0.2, 0.25) is 0 Å². The van der Waals surface area contributed by atoms with E-state index in [0.717, 1.165) is 0 Å². The number of furan rings is 1. The number of para-hydroxylation sites is 1. The van der Waals surface area contributed by atoms with E-state index in [9.17, 15) is 14.7 Å². The zero-order valence-corrected chi connectivity index (χ0v) is 19.2. The molecule has 4 aromatic rings. The molecule has 0 radical (unpaired) electrons. The first-order valence-corrected chi connectivity index (χ1v) is 11.2. The number of aliphatic hydroxyl groups excluding tert-OH is 1. The number of Topliss-reactive ketones (excluding diaryl/α,β-unsaturated/α-hetero) is 1. The summed E-state index contributed by atoms with van der Waals surface area (Å²) in [7, 11) is 1.52. The van der Waals surface area contributed by atoms with Crippen molar-refractivity contribution in [1.29, 1.82) is 0 Å². The van der Waals surface area contributed by atoms with Crippen molar-refractivity contribution in [1.82, 2.24) is 0 Å². The average molecular weight is 469 g/mol. The van der Waals surface area contributed by atoms with Gasteiger partial charge in [-0.05, 0) is 48.9 Å². The second-order valence-corrected chi connectivity index (χ2v) is 8.00. The number of hydrogen-bond acceptors (Lipinski definition) is 6. The summed E-state index contributed by atoms with van der Waals surface area (Å²) < 4.78 is 16.7. The minimum absolute atomic E-state index is 0.00771. The number of hydrogen-bond donors (Lipinski definition) is 1. The Labute approximate surface area is 201 Å². The molecule has 1 atom stereocenters. The summed E-state index contributed by atoms with van der Waals surface area (Å²) in [5.74, 6) is -0.698. The molecular weight excluding hydrogens is 446 g/mol. The van der Waals surface area contributed by atoms with E-state index in [-0.39, 0.29) is 11.3 Å². The maximum atomic E-state index is 13.7. The molecule has 1 aliphatic rings. The standard InChI is InChI=1S/C28H23NO6/c1-3-34-20-14-12-19(13-15-20)29-24(17-8-5-4-6-9-17)23(26(31)28(29)32)25(30)22-16-18-10-7-11-21(33-2)27(18)35-22/h4-16,24,31H,3H2,1-2H3. The number of nitrogens with zero attached hydrogens (tertiary/aromatic N) is 1. The highest BCUT2D eigenvalue weighted by molar-refractivity contribution is 6.20. The minimum Gasteiger partial charge on any atom is -0.503 e. The molecule has 7 nitrogen and oxygen atoms in total. The van der Waals surface area contributed by atoms with Gasteiger partial charge in [0.25, 0.3) is 5.91 Å².